The summed E-state index contributed by atoms with van der Waals surface area (Å²) in [5.41, 5.74) is -0.804. The van der Waals surface area contributed by atoms with Gasteiger partial charge in [-0.25, -0.2) is 0 Å². The van der Waals surface area contributed by atoms with E-state index >= 15 is 0 Å². The molecule has 0 spiro atoms. The third-order valence-corrected chi connectivity index (χ3v) is 1.85. The quantitative estimate of drug-likeness (QED) is 0.593. The zero-order valence-corrected chi connectivity index (χ0v) is 8.99. The number of methoxy groups -OCH3 is 2. The predicted molar refractivity (Wildman–Crippen MR) is 48.0 cm³/mol. The first kappa shape index (κ1) is 12.8. The Morgan fingerprint density at radius 1 is 1.31 bits per heavy atom. The van der Waals surface area contributed by atoms with E-state index in [2.05, 4.69) is 0 Å². The second-order valence-electron chi connectivity index (χ2n) is 3.54. The average Bonchev–Trinajstić information content (AvgIpc) is 2.04. The zero-order valence-electron chi connectivity index (χ0n) is 8.99. The smallest absolute Gasteiger partial charge is 0.220 e. The van der Waals surface area contributed by atoms with Crippen LogP contribution < -0.4 is 0 Å². The summed E-state index contributed by atoms with van der Waals surface area (Å²) in [4.78, 5) is 0. The number of hydrogen-bond acceptors (Lipinski definition) is 3. The van der Waals surface area contributed by atoms with Gasteiger partial charge in [0.15, 0.2) is 0 Å². The fraction of sp³-hybridized carbons (Fsp3) is 1.00. The van der Waals surface area contributed by atoms with Crippen molar-refractivity contribution in [2.75, 3.05) is 20.8 Å². The van der Waals surface area contributed by atoms with E-state index in [0.29, 0.717) is 6.61 Å². The fourth-order valence-electron chi connectivity index (χ4n) is 0.745. The normalized spacial score (nSPS) is 17.1. The highest BCUT2D eigenvalue weighted by atomic mass is 16.6. The highest BCUT2D eigenvalue weighted by Gasteiger charge is 2.31. The van der Waals surface area contributed by atoms with Crippen molar-refractivity contribution in [3.05, 3.63) is 0 Å². The summed E-state index contributed by atoms with van der Waals surface area (Å²) in [7, 11) is 3.07. The van der Waals surface area contributed by atoms with Crippen molar-refractivity contribution in [2.45, 2.75) is 38.8 Å². The van der Waals surface area contributed by atoms with Crippen LogP contribution in [0.15, 0.2) is 0 Å². The van der Waals surface area contributed by atoms with Gasteiger partial charge in [0.05, 0.1) is 12.7 Å². The zero-order chi connectivity index (χ0) is 10.5. The first-order chi connectivity index (χ1) is 5.94. The maximum atomic E-state index is 11.5. The molecule has 0 aliphatic heterocycles. The highest BCUT2D eigenvalue weighted by Crippen LogP contribution is 2.16. The summed E-state index contributed by atoms with van der Waals surface area (Å²) in [5.74, 6) is 0. The molecule has 0 saturated carbocycles. The van der Waals surface area contributed by atoms with Gasteiger partial charge in [-0.3, -0.25) is 0 Å². The molecule has 0 amide bonds. The molecule has 0 saturated heterocycles. The highest BCUT2D eigenvalue weighted by molar-refractivity contribution is 4.71. The Hall–Kier alpha value is -0.160. The van der Waals surface area contributed by atoms with Gasteiger partial charge in [-0.15, -0.1) is 0 Å². The van der Waals surface area contributed by atoms with Crippen molar-refractivity contribution in [1.82, 2.24) is 0 Å². The molecule has 1 radical (unpaired) electrons. The monoisotopic (exact) mass is 191 g/mol. The maximum Gasteiger partial charge on any atom is 0.220 e. The molecule has 0 rings (SSSR count). The predicted octanol–water partition coefficient (Wildman–Crippen LogP) is 1.22. The largest absolute Gasteiger partial charge is 0.382 e. The first-order valence-corrected chi connectivity index (χ1v) is 4.29. The molecule has 0 aromatic rings. The van der Waals surface area contributed by atoms with Gasteiger partial charge in [-0.2, -0.15) is 5.11 Å². The Bertz CT molecular complexity index is 136. The van der Waals surface area contributed by atoms with Crippen LogP contribution in [0.25, 0.3) is 0 Å². The maximum absolute atomic E-state index is 11.5. The van der Waals surface area contributed by atoms with Gasteiger partial charge in [0.25, 0.3) is 0 Å². The Morgan fingerprint density at radius 2 is 1.85 bits per heavy atom. The van der Waals surface area contributed by atoms with Crippen LogP contribution in [0.3, 0.4) is 0 Å². The van der Waals surface area contributed by atoms with E-state index in [-0.39, 0.29) is 6.10 Å². The molecule has 0 heterocycles. The van der Waals surface area contributed by atoms with Crippen LogP contribution >= 0.6 is 0 Å². The molecular formula is C9H19O4. The molecule has 0 aromatic heterocycles. The molecule has 0 fully saturated rings. The summed E-state index contributed by atoms with van der Waals surface area (Å²) in [6.07, 6.45) is -1.40. The van der Waals surface area contributed by atoms with Gasteiger partial charge in [0.2, 0.25) is 6.29 Å². The van der Waals surface area contributed by atoms with Crippen LogP contribution in [-0.2, 0) is 19.3 Å². The van der Waals surface area contributed by atoms with Crippen molar-refractivity contribution >= 4 is 0 Å². The Kier molecular flexibility index (Phi) is 5.48. The van der Waals surface area contributed by atoms with Crippen molar-refractivity contribution in [3.63, 3.8) is 0 Å². The Labute approximate surface area is 79.8 Å². The second-order valence-corrected chi connectivity index (χ2v) is 3.54. The topological polar surface area (TPSA) is 47.6 Å². The molecule has 0 aliphatic rings. The van der Waals surface area contributed by atoms with E-state index in [0.717, 1.165) is 0 Å². The van der Waals surface area contributed by atoms with Gasteiger partial charge in [0.1, 0.15) is 5.60 Å². The minimum Gasteiger partial charge on any atom is -0.382 e. The van der Waals surface area contributed by atoms with Crippen molar-refractivity contribution in [3.8, 4) is 0 Å². The molecule has 0 aromatic carbocycles. The fourth-order valence-corrected chi connectivity index (χ4v) is 0.745. The van der Waals surface area contributed by atoms with Crippen LogP contribution in [0.5, 0.6) is 0 Å². The molecule has 13 heavy (non-hydrogen) atoms. The summed E-state index contributed by atoms with van der Waals surface area (Å²) in [6, 6.07) is 0. The molecule has 0 N–H and O–H groups in total. The molecule has 4 nitrogen and oxygen atoms in total. The van der Waals surface area contributed by atoms with E-state index in [1.54, 1.807) is 27.9 Å². The van der Waals surface area contributed by atoms with Gasteiger partial charge in [-0.1, -0.05) is 0 Å². The Balaban J connectivity index is 3.91. The molecule has 0 bridgehead atoms. The number of hydrogen-bond donors (Lipinski definition) is 0. The van der Waals surface area contributed by atoms with Gasteiger partial charge in [0, 0.05) is 14.2 Å². The summed E-state index contributed by atoms with van der Waals surface area (Å²) >= 11 is 0. The van der Waals surface area contributed by atoms with Crippen molar-refractivity contribution < 1.29 is 19.3 Å². The van der Waals surface area contributed by atoms with Crippen LogP contribution in [0.1, 0.15) is 20.8 Å². The number of rotatable bonds is 6. The number of ether oxygens (including phenoxy) is 3. The van der Waals surface area contributed by atoms with E-state index in [9.17, 15) is 5.11 Å². The molecule has 79 valence electrons. The molecular weight excluding hydrogens is 172 g/mol. The van der Waals surface area contributed by atoms with Gasteiger partial charge in [-0.05, 0) is 20.8 Å². The lowest BCUT2D eigenvalue weighted by atomic mass is 10.1. The van der Waals surface area contributed by atoms with E-state index in [4.69, 9.17) is 14.2 Å². The van der Waals surface area contributed by atoms with Gasteiger partial charge < -0.3 is 14.2 Å². The Morgan fingerprint density at radius 3 is 2.23 bits per heavy atom. The minimum atomic E-state index is -1.19. The molecule has 4 heteroatoms. The van der Waals surface area contributed by atoms with Crippen LogP contribution in [0.4, 0.5) is 0 Å². The van der Waals surface area contributed by atoms with Gasteiger partial charge >= 0.3 is 0 Å². The molecule has 2 atom stereocenters. The molecule has 2 unspecified atom stereocenters. The second kappa shape index (κ2) is 5.54. The first-order valence-electron chi connectivity index (χ1n) is 4.29. The third kappa shape index (κ3) is 4.57. The van der Waals surface area contributed by atoms with Crippen LogP contribution in [0, 0.1) is 0 Å². The SMILES string of the molecule is COCC(C)OC([O])C(C)(C)OC. The standard InChI is InChI=1S/C9H19O4/c1-7(6-11-4)13-8(10)9(2,3)12-5/h7-8H,6H2,1-5H3. The van der Waals surface area contributed by atoms with E-state index in [1.807, 2.05) is 0 Å². The van der Waals surface area contributed by atoms with E-state index in [1.165, 1.54) is 7.11 Å². The summed E-state index contributed by atoms with van der Waals surface area (Å²) in [6.45, 7) is 5.60. The lowest BCUT2D eigenvalue weighted by molar-refractivity contribution is -0.257. The van der Waals surface area contributed by atoms with Crippen molar-refractivity contribution in [1.29, 1.82) is 0 Å². The minimum absolute atomic E-state index is 0.207. The van der Waals surface area contributed by atoms with Crippen LogP contribution in [0.2, 0.25) is 0 Å². The average molecular weight is 191 g/mol. The summed E-state index contributed by atoms with van der Waals surface area (Å²) in [5, 5.41) is 11.5. The lowest BCUT2D eigenvalue weighted by Gasteiger charge is -2.29. The molecule has 0 aliphatic carbocycles. The van der Waals surface area contributed by atoms with E-state index < -0.39 is 11.9 Å². The van der Waals surface area contributed by atoms with Crippen LogP contribution in [-0.4, -0.2) is 38.8 Å². The lowest BCUT2D eigenvalue weighted by Crippen LogP contribution is -2.41. The third-order valence-electron chi connectivity index (χ3n) is 1.85. The summed E-state index contributed by atoms with van der Waals surface area (Å²) < 4.78 is 15.0. The van der Waals surface area contributed by atoms with Crippen molar-refractivity contribution in [2.24, 2.45) is 0 Å².